The van der Waals surface area contributed by atoms with Crippen LogP contribution in [0.3, 0.4) is 0 Å². The molecule has 0 aliphatic carbocycles. The van der Waals surface area contributed by atoms with E-state index in [1.807, 2.05) is 0 Å². The van der Waals surface area contributed by atoms with Crippen molar-refractivity contribution in [1.82, 2.24) is 0 Å². The van der Waals surface area contributed by atoms with E-state index < -0.39 is 34.1 Å². The molecule has 0 aromatic rings. The molecule has 20 heavy (non-hydrogen) atoms. The average molecular weight is 329 g/mol. The van der Waals surface area contributed by atoms with Crippen LogP contribution in [0.25, 0.3) is 0 Å². The average Bonchev–Trinajstić information content (AvgIpc) is 2.26. The molecule has 0 fully saturated rings. The number of nitrogens with zero attached hydrogens (tertiary/aromatic N) is 1. The van der Waals surface area contributed by atoms with Crippen LogP contribution in [-0.2, 0) is 18.0 Å². The quantitative estimate of drug-likeness (QED) is 0.473. The van der Waals surface area contributed by atoms with Gasteiger partial charge in [0.1, 0.15) is 6.10 Å². The number of hydrogen-bond donors (Lipinski definition) is 0. The van der Waals surface area contributed by atoms with E-state index in [9.17, 15) is 13.3 Å². The van der Waals surface area contributed by atoms with Gasteiger partial charge in [-0.2, -0.15) is 14.0 Å². The van der Waals surface area contributed by atoms with Gasteiger partial charge >= 0.3 is 13.3 Å². The van der Waals surface area contributed by atoms with Gasteiger partial charge < -0.3 is 13.5 Å². The fourth-order valence-electron chi connectivity index (χ4n) is 1.44. The molecule has 9 heteroatoms. The Morgan fingerprint density at radius 3 is 2.00 bits per heavy atom. The first-order chi connectivity index (χ1) is 9.01. The van der Waals surface area contributed by atoms with E-state index in [4.69, 9.17) is 9.69 Å². The minimum Gasteiger partial charge on any atom is -0.402 e. The minimum atomic E-state index is -4.60. The van der Waals surface area contributed by atoms with Gasteiger partial charge in [0.15, 0.2) is 8.32 Å². The molecule has 0 aliphatic heterocycles. The van der Waals surface area contributed by atoms with Crippen LogP contribution < -0.4 is 0 Å². The number of hydrogen-bond acceptors (Lipinski definition) is 5. The summed E-state index contributed by atoms with van der Waals surface area (Å²) in [6, 6.07) is 1.67. The zero-order chi connectivity index (χ0) is 16.0. The van der Waals surface area contributed by atoms with Crippen LogP contribution in [-0.4, -0.2) is 33.3 Å². The van der Waals surface area contributed by atoms with Crippen molar-refractivity contribution in [2.24, 2.45) is 0 Å². The summed E-state index contributed by atoms with van der Waals surface area (Å²) in [5, 5.41) is 8.92. The second kappa shape index (κ2) is 7.62. The Hall–Kier alpha value is -0.323. The van der Waals surface area contributed by atoms with Gasteiger partial charge in [0.05, 0.1) is 25.7 Å². The second-order valence-electron chi connectivity index (χ2n) is 5.05. The molecule has 0 N–H and O–H groups in total. The molecule has 1 atom stereocenters. The number of rotatable bonds is 9. The first-order valence-corrected chi connectivity index (χ1v) is 11.3. The van der Waals surface area contributed by atoms with E-state index in [1.54, 1.807) is 25.7 Å². The molecule has 0 aliphatic rings. The summed E-state index contributed by atoms with van der Waals surface area (Å²) in [6.45, 7) is 7.89. The van der Waals surface area contributed by atoms with Crippen molar-refractivity contribution < 1.29 is 26.8 Å². The first kappa shape index (κ1) is 19.7. The Kier molecular flexibility index (Phi) is 7.50. The fraction of sp³-hybridized carbons (Fsp3) is 0.909. The van der Waals surface area contributed by atoms with E-state index in [-0.39, 0.29) is 13.2 Å². The predicted octanol–water partition coefficient (Wildman–Crippen LogP) is 3.98. The SMILES string of the molecule is CCOP(=O)(OCC)C(F)(F)CC(C#N)O[Si](C)(C)C. The molecule has 0 radical (unpaired) electrons. The van der Waals surface area contributed by atoms with Crippen molar-refractivity contribution in [1.29, 1.82) is 5.26 Å². The maximum atomic E-state index is 14.1. The normalized spacial score (nSPS) is 14.9. The summed E-state index contributed by atoms with van der Waals surface area (Å²) in [6.07, 6.45) is -2.35. The smallest absolute Gasteiger partial charge is 0.399 e. The van der Waals surface area contributed by atoms with E-state index >= 15 is 0 Å². The molecule has 0 saturated carbocycles. The van der Waals surface area contributed by atoms with Crippen LogP contribution in [0.1, 0.15) is 20.3 Å². The summed E-state index contributed by atoms with van der Waals surface area (Å²) >= 11 is 0. The molecular formula is C11H22F2NO4PSi. The van der Waals surface area contributed by atoms with E-state index in [0.29, 0.717) is 0 Å². The van der Waals surface area contributed by atoms with Gasteiger partial charge in [0.25, 0.3) is 0 Å². The largest absolute Gasteiger partial charge is 0.402 e. The number of halogens is 2. The summed E-state index contributed by atoms with van der Waals surface area (Å²) < 4.78 is 55.0. The maximum absolute atomic E-state index is 14.1. The first-order valence-electron chi connectivity index (χ1n) is 6.35. The highest BCUT2D eigenvalue weighted by Gasteiger charge is 2.54. The van der Waals surface area contributed by atoms with Gasteiger partial charge in [0.2, 0.25) is 0 Å². The van der Waals surface area contributed by atoms with Crippen LogP contribution in [0, 0.1) is 11.3 Å². The topological polar surface area (TPSA) is 68.5 Å². The Labute approximate surface area is 119 Å². The minimum absolute atomic E-state index is 0.168. The second-order valence-corrected chi connectivity index (χ2v) is 11.7. The third-order valence-electron chi connectivity index (χ3n) is 2.07. The zero-order valence-corrected chi connectivity index (χ0v) is 14.4. The fourth-order valence-corrected chi connectivity index (χ4v) is 3.95. The van der Waals surface area contributed by atoms with Gasteiger partial charge in [-0.1, -0.05) is 0 Å². The van der Waals surface area contributed by atoms with Crippen molar-refractivity contribution >= 4 is 15.9 Å². The van der Waals surface area contributed by atoms with Crippen molar-refractivity contribution in [2.75, 3.05) is 13.2 Å². The van der Waals surface area contributed by atoms with Gasteiger partial charge in [-0.15, -0.1) is 0 Å². The van der Waals surface area contributed by atoms with Crippen LogP contribution in [0.4, 0.5) is 8.78 Å². The predicted molar refractivity (Wildman–Crippen MR) is 74.3 cm³/mol. The van der Waals surface area contributed by atoms with E-state index in [0.717, 1.165) is 0 Å². The lowest BCUT2D eigenvalue weighted by molar-refractivity contribution is 0.00921. The lowest BCUT2D eigenvalue weighted by Crippen LogP contribution is -2.35. The highest BCUT2D eigenvalue weighted by atomic mass is 31.2. The molecule has 0 spiro atoms. The van der Waals surface area contributed by atoms with Crippen molar-refractivity contribution in [2.45, 2.75) is 51.7 Å². The summed E-state index contributed by atoms with van der Waals surface area (Å²) in [7, 11) is -6.77. The standard InChI is InChI=1S/C11H22F2NO4PSi/c1-6-16-19(15,17-7-2)11(12,13)8-10(9-14)18-20(3,4)5/h10H,6-8H2,1-5H3. The Morgan fingerprint density at radius 2 is 1.70 bits per heavy atom. The van der Waals surface area contributed by atoms with Gasteiger partial charge in [-0.05, 0) is 33.5 Å². The summed E-state index contributed by atoms with van der Waals surface area (Å²) in [5.41, 5.74) is -3.76. The lowest BCUT2D eigenvalue weighted by Gasteiger charge is -2.29. The molecule has 0 heterocycles. The van der Waals surface area contributed by atoms with Crippen molar-refractivity contribution in [3.05, 3.63) is 0 Å². The Balaban J connectivity index is 5.09. The third-order valence-corrected chi connectivity index (χ3v) is 5.24. The van der Waals surface area contributed by atoms with Crippen molar-refractivity contribution in [3.63, 3.8) is 0 Å². The highest BCUT2D eigenvalue weighted by molar-refractivity contribution is 7.55. The molecule has 0 aromatic heterocycles. The third kappa shape index (κ3) is 5.98. The summed E-state index contributed by atoms with van der Waals surface area (Å²) in [4.78, 5) is 0. The van der Waals surface area contributed by atoms with Crippen LogP contribution in [0.5, 0.6) is 0 Å². The molecule has 0 saturated heterocycles. The Morgan fingerprint density at radius 1 is 1.25 bits per heavy atom. The molecule has 1 unspecified atom stereocenters. The maximum Gasteiger partial charge on any atom is 0.399 e. The van der Waals surface area contributed by atoms with Crippen LogP contribution in [0.2, 0.25) is 19.6 Å². The summed E-state index contributed by atoms with van der Waals surface area (Å²) in [5.74, 6) is 0. The van der Waals surface area contributed by atoms with E-state index in [1.165, 1.54) is 13.8 Å². The van der Waals surface area contributed by atoms with Gasteiger partial charge in [-0.25, -0.2) is 0 Å². The molecule has 0 rings (SSSR count). The number of alkyl halides is 2. The highest BCUT2D eigenvalue weighted by Crippen LogP contribution is 2.63. The molecule has 118 valence electrons. The van der Waals surface area contributed by atoms with Crippen LogP contribution >= 0.6 is 7.60 Å². The molecule has 5 nitrogen and oxygen atoms in total. The van der Waals surface area contributed by atoms with Crippen molar-refractivity contribution in [3.8, 4) is 6.07 Å². The van der Waals surface area contributed by atoms with Gasteiger partial charge in [-0.3, -0.25) is 4.57 Å². The molecule has 0 bridgehead atoms. The lowest BCUT2D eigenvalue weighted by atomic mass is 10.3. The number of nitriles is 1. The van der Waals surface area contributed by atoms with Gasteiger partial charge in [0, 0.05) is 0 Å². The van der Waals surface area contributed by atoms with E-state index in [2.05, 4.69) is 9.05 Å². The molecular weight excluding hydrogens is 307 g/mol. The zero-order valence-electron chi connectivity index (χ0n) is 12.5. The molecule has 0 amide bonds. The Bertz CT molecular complexity index is 385. The molecule has 0 aromatic carbocycles. The monoisotopic (exact) mass is 329 g/mol. The van der Waals surface area contributed by atoms with Crippen LogP contribution in [0.15, 0.2) is 0 Å².